The van der Waals surface area contributed by atoms with Crippen LogP contribution in [-0.2, 0) is 13.0 Å². The molecule has 0 bridgehead atoms. The van der Waals surface area contributed by atoms with Gasteiger partial charge >= 0.3 is 0 Å². The van der Waals surface area contributed by atoms with E-state index in [0.29, 0.717) is 6.04 Å². The smallest absolute Gasteiger partial charge is 0.253 e. The molecule has 1 aliphatic rings. The minimum Gasteiger partial charge on any atom is -0.347 e. The second-order valence-electron chi connectivity index (χ2n) is 6.91. The number of carbonyl (C=O) groups is 1. The molecular formula is C18H26N4O. The van der Waals surface area contributed by atoms with Crippen LogP contribution in [0.1, 0.15) is 59.6 Å². The van der Waals surface area contributed by atoms with Crippen molar-refractivity contribution in [2.75, 3.05) is 0 Å². The Morgan fingerprint density at radius 3 is 2.74 bits per heavy atom. The zero-order chi connectivity index (χ0) is 16.7. The SMILES string of the molecule is Cc1cn2c(n1)CC[C@@H](NC(=O)c1cc(C)n(C(C)C)c1C)C2. The summed E-state index contributed by atoms with van der Waals surface area (Å²) < 4.78 is 4.38. The maximum absolute atomic E-state index is 12.7. The Hall–Kier alpha value is -2.04. The van der Waals surface area contributed by atoms with Crippen LogP contribution >= 0.6 is 0 Å². The summed E-state index contributed by atoms with van der Waals surface area (Å²) in [4.78, 5) is 17.2. The van der Waals surface area contributed by atoms with Gasteiger partial charge in [-0.25, -0.2) is 4.98 Å². The molecular weight excluding hydrogens is 288 g/mol. The summed E-state index contributed by atoms with van der Waals surface area (Å²) in [5.74, 6) is 1.17. The van der Waals surface area contributed by atoms with Gasteiger partial charge in [-0.15, -0.1) is 0 Å². The van der Waals surface area contributed by atoms with Gasteiger partial charge in [0.25, 0.3) is 5.91 Å². The summed E-state index contributed by atoms with van der Waals surface area (Å²) in [5, 5.41) is 3.20. The quantitative estimate of drug-likeness (QED) is 0.947. The largest absolute Gasteiger partial charge is 0.347 e. The molecule has 0 aromatic carbocycles. The Morgan fingerprint density at radius 2 is 2.09 bits per heavy atom. The molecule has 2 aromatic heterocycles. The van der Waals surface area contributed by atoms with Gasteiger partial charge in [-0.05, 0) is 47.1 Å². The number of hydrogen-bond donors (Lipinski definition) is 1. The molecule has 0 fully saturated rings. The first-order valence-electron chi connectivity index (χ1n) is 8.38. The topological polar surface area (TPSA) is 51.9 Å². The van der Waals surface area contributed by atoms with Crippen molar-refractivity contribution in [2.24, 2.45) is 0 Å². The molecule has 0 aliphatic carbocycles. The standard InChI is InChI=1S/C18H26N4O/c1-11(2)22-13(4)8-16(14(22)5)18(23)20-15-6-7-17-19-12(3)9-21(17)10-15/h8-9,11,15H,6-7,10H2,1-5H3,(H,20,23)/t15-/m1/s1. The van der Waals surface area contributed by atoms with Crippen LogP contribution in [0.3, 0.4) is 0 Å². The fourth-order valence-corrected chi connectivity index (χ4v) is 3.77. The summed E-state index contributed by atoms with van der Waals surface area (Å²) >= 11 is 0. The van der Waals surface area contributed by atoms with Crippen LogP contribution in [-0.4, -0.2) is 26.1 Å². The Morgan fingerprint density at radius 1 is 1.35 bits per heavy atom. The number of carbonyl (C=O) groups excluding carboxylic acids is 1. The fourth-order valence-electron chi connectivity index (χ4n) is 3.77. The number of aryl methyl sites for hydroxylation is 3. The third-order valence-electron chi connectivity index (χ3n) is 4.69. The second-order valence-corrected chi connectivity index (χ2v) is 6.91. The van der Waals surface area contributed by atoms with Gasteiger partial charge in [-0.2, -0.15) is 0 Å². The van der Waals surface area contributed by atoms with Crippen LogP contribution in [0, 0.1) is 20.8 Å². The van der Waals surface area contributed by atoms with E-state index in [9.17, 15) is 4.79 Å². The van der Waals surface area contributed by atoms with Gasteiger partial charge in [0.1, 0.15) is 5.82 Å². The molecule has 3 heterocycles. The van der Waals surface area contributed by atoms with E-state index in [1.54, 1.807) is 0 Å². The molecule has 5 heteroatoms. The van der Waals surface area contributed by atoms with Crippen LogP contribution in [0.4, 0.5) is 0 Å². The normalized spacial score (nSPS) is 17.4. The van der Waals surface area contributed by atoms with Gasteiger partial charge in [0, 0.05) is 42.6 Å². The fraction of sp³-hybridized carbons (Fsp3) is 0.556. The Bertz CT molecular complexity index is 739. The highest BCUT2D eigenvalue weighted by Gasteiger charge is 2.23. The minimum atomic E-state index is 0.0373. The van der Waals surface area contributed by atoms with Crippen LogP contribution < -0.4 is 5.32 Å². The van der Waals surface area contributed by atoms with Crippen LogP contribution in [0.15, 0.2) is 12.3 Å². The number of rotatable bonds is 3. The van der Waals surface area contributed by atoms with Gasteiger partial charge in [0.15, 0.2) is 0 Å². The molecule has 2 aromatic rings. The van der Waals surface area contributed by atoms with E-state index in [-0.39, 0.29) is 11.9 Å². The predicted octanol–water partition coefficient (Wildman–Crippen LogP) is 2.94. The lowest BCUT2D eigenvalue weighted by Gasteiger charge is -2.24. The van der Waals surface area contributed by atoms with E-state index in [2.05, 4.69) is 46.4 Å². The van der Waals surface area contributed by atoms with Crippen molar-refractivity contribution in [3.63, 3.8) is 0 Å². The number of nitrogens with zero attached hydrogens (tertiary/aromatic N) is 3. The first-order valence-corrected chi connectivity index (χ1v) is 8.38. The van der Waals surface area contributed by atoms with Crippen molar-refractivity contribution < 1.29 is 4.79 Å². The number of hydrogen-bond acceptors (Lipinski definition) is 2. The lowest BCUT2D eigenvalue weighted by atomic mass is 10.1. The van der Waals surface area contributed by atoms with Gasteiger partial charge < -0.3 is 14.5 Å². The highest BCUT2D eigenvalue weighted by atomic mass is 16.1. The monoisotopic (exact) mass is 314 g/mol. The molecule has 0 saturated carbocycles. The highest BCUT2D eigenvalue weighted by Crippen LogP contribution is 2.21. The molecule has 0 unspecified atom stereocenters. The average molecular weight is 314 g/mol. The Labute approximate surface area is 137 Å². The molecule has 0 radical (unpaired) electrons. The van der Waals surface area contributed by atoms with Crippen molar-refractivity contribution in [1.29, 1.82) is 0 Å². The zero-order valence-electron chi connectivity index (χ0n) is 14.7. The van der Waals surface area contributed by atoms with E-state index >= 15 is 0 Å². The summed E-state index contributed by atoms with van der Waals surface area (Å²) in [5.41, 5.74) is 4.03. The molecule has 124 valence electrons. The number of amides is 1. The third kappa shape index (κ3) is 2.92. The Balaban J connectivity index is 1.74. The Kier molecular flexibility index (Phi) is 4.04. The van der Waals surface area contributed by atoms with Crippen LogP contribution in [0.25, 0.3) is 0 Å². The summed E-state index contributed by atoms with van der Waals surface area (Å²) in [6.45, 7) is 11.2. The highest BCUT2D eigenvalue weighted by molar-refractivity contribution is 5.95. The zero-order valence-corrected chi connectivity index (χ0v) is 14.7. The van der Waals surface area contributed by atoms with E-state index in [4.69, 9.17) is 0 Å². The van der Waals surface area contributed by atoms with E-state index in [0.717, 1.165) is 47.9 Å². The molecule has 1 N–H and O–H groups in total. The molecule has 0 saturated heterocycles. The van der Waals surface area contributed by atoms with E-state index in [1.807, 2.05) is 19.9 Å². The van der Waals surface area contributed by atoms with Gasteiger partial charge in [-0.1, -0.05) is 0 Å². The van der Waals surface area contributed by atoms with Gasteiger partial charge in [-0.3, -0.25) is 4.79 Å². The molecule has 23 heavy (non-hydrogen) atoms. The van der Waals surface area contributed by atoms with Crippen molar-refractivity contribution in [2.45, 2.75) is 66.1 Å². The first kappa shape index (κ1) is 15.8. The van der Waals surface area contributed by atoms with Crippen LogP contribution in [0.2, 0.25) is 0 Å². The van der Waals surface area contributed by atoms with E-state index in [1.165, 1.54) is 0 Å². The van der Waals surface area contributed by atoms with Gasteiger partial charge in [0.05, 0.1) is 11.3 Å². The maximum Gasteiger partial charge on any atom is 0.253 e. The predicted molar refractivity (Wildman–Crippen MR) is 90.8 cm³/mol. The molecule has 5 nitrogen and oxygen atoms in total. The first-order chi connectivity index (χ1) is 10.9. The second kappa shape index (κ2) is 5.87. The van der Waals surface area contributed by atoms with E-state index < -0.39 is 0 Å². The summed E-state index contributed by atoms with van der Waals surface area (Å²) in [6, 6.07) is 2.54. The number of fused-ring (bicyclic) bond motifs is 1. The van der Waals surface area contributed by atoms with Crippen molar-refractivity contribution >= 4 is 5.91 Å². The van der Waals surface area contributed by atoms with Gasteiger partial charge in [0.2, 0.25) is 0 Å². The minimum absolute atomic E-state index is 0.0373. The lowest BCUT2D eigenvalue weighted by Crippen LogP contribution is -2.41. The van der Waals surface area contributed by atoms with Crippen molar-refractivity contribution in [3.8, 4) is 0 Å². The number of aromatic nitrogens is 3. The molecule has 3 rings (SSSR count). The summed E-state index contributed by atoms with van der Waals surface area (Å²) in [6.07, 6.45) is 3.94. The molecule has 0 spiro atoms. The molecule has 1 aliphatic heterocycles. The van der Waals surface area contributed by atoms with Crippen molar-refractivity contribution in [1.82, 2.24) is 19.4 Å². The van der Waals surface area contributed by atoms with Crippen LogP contribution in [0.5, 0.6) is 0 Å². The number of nitrogens with one attached hydrogen (secondary N) is 1. The lowest BCUT2D eigenvalue weighted by molar-refractivity contribution is 0.0927. The maximum atomic E-state index is 12.7. The number of imidazole rings is 1. The summed E-state index contributed by atoms with van der Waals surface area (Å²) in [7, 11) is 0. The average Bonchev–Trinajstić information content (AvgIpc) is 2.97. The molecule has 1 amide bonds. The molecule has 1 atom stereocenters. The van der Waals surface area contributed by atoms with Crippen molar-refractivity contribution in [3.05, 3.63) is 40.7 Å². The third-order valence-corrected chi connectivity index (χ3v) is 4.69.